The zero-order valence-corrected chi connectivity index (χ0v) is 11.7. The number of hydrogen-bond donors (Lipinski definition) is 3. The number of nitrogens with zero attached hydrogens (tertiary/aromatic N) is 2. The minimum absolute atomic E-state index is 0.242. The van der Waals surface area contributed by atoms with Crippen molar-refractivity contribution in [1.29, 1.82) is 0 Å². The van der Waals surface area contributed by atoms with E-state index in [9.17, 15) is 5.11 Å². The zero-order valence-electron chi connectivity index (χ0n) is 11.7. The molecule has 21 heavy (non-hydrogen) atoms. The Morgan fingerprint density at radius 3 is 2.67 bits per heavy atom. The Kier molecular flexibility index (Phi) is 2.60. The fourth-order valence-corrected chi connectivity index (χ4v) is 2.41. The lowest BCUT2D eigenvalue weighted by Crippen LogP contribution is -2.05. The average Bonchev–Trinajstić information content (AvgIpc) is 3.19. The number of nitrogens with one attached hydrogen (secondary N) is 2. The molecule has 0 unspecified atom stereocenters. The van der Waals surface area contributed by atoms with E-state index in [1.54, 1.807) is 12.1 Å². The van der Waals surface area contributed by atoms with E-state index in [1.165, 1.54) is 12.8 Å². The first kappa shape index (κ1) is 12.2. The number of H-pyrrole nitrogens is 1. The minimum Gasteiger partial charge on any atom is -0.508 e. The number of phenols is 1. The van der Waals surface area contributed by atoms with Crippen LogP contribution in [0.1, 0.15) is 18.5 Å². The molecule has 1 aromatic carbocycles. The third-order valence-electron chi connectivity index (χ3n) is 3.67. The smallest absolute Gasteiger partial charge is 0.163 e. The van der Waals surface area contributed by atoms with Crippen LogP contribution in [-0.2, 0) is 0 Å². The van der Waals surface area contributed by atoms with Gasteiger partial charge in [-0.25, -0.2) is 9.97 Å². The summed E-state index contributed by atoms with van der Waals surface area (Å²) in [7, 11) is 0. The van der Waals surface area contributed by atoms with Gasteiger partial charge in [-0.15, -0.1) is 0 Å². The van der Waals surface area contributed by atoms with Crippen LogP contribution in [-0.4, -0.2) is 26.1 Å². The van der Waals surface area contributed by atoms with E-state index in [0.29, 0.717) is 11.9 Å². The summed E-state index contributed by atoms with van der Waals surface area (Å²) in [6, 6.07) is 9.56. The molecule has 106 valence electrons. The molecule has 5 heteroatoms. The van der Waals surface area contributed by atoms with Gasteiger partial charge in [-0.1, -0.05) is 0 Å². The Bertz CT molecular complexity index is 803. The molecule has 3 N–H and O–H groups in total. The molecule has 5 nitrogen and oxygen atoms in total. The number of fused-ring (bicyclic) bond motifs is 1. The number of anilines is 1. The number of aromatic amines is 1. The zero-order chi connectivity index (χ0) is 14.4. The van der Waals surface area contributed by atoms with Gasteiger partial charge in [0.05, 0.1) is 5.39 Å². The molecule has 0 radical (unpaired) electrons. The lowest BCUT2D eigenvalue weighted by atomic mass is 10.2. The lowest BCUT2D eigenvalue weighted by molar-refractivity contribution is 0.475. The molecule has 0 saturated heterocycles. The van der Waals surface area contributed by atoms with Crippen molar-refractivity contribution < 1.29 is 5.11 Å². The Morgan fingerprint density at radius 1 is 1.19 bits per heavy atom. The van der Waals surface area contributed by atoms with E-state index in [0.717, 1.165) is 28.1 Å². The Hall–Kier alpha value is -2.56. The van der Waals surface area contributed by atoms with Crippen molar-refractivity contribution in [3.05, 3.63) is 36.0 Å². The summed E-state index contributed by atoms with van der Waals surface area (Å²) in [6.45, 7) is 2.02. The Morgan fingerprint density at radius 2 is 1.95 bits per heavy atom. The fraction of sp³-hybridized carbons (Fsp3) is 0.250. The molecule has 1 aliphatic rings. The van der Waals surface area contributed by atoms with Crippen molar-refractivity contribution in [3.8, 4) is 17.1 Å². The van der Waals surface area contributed by atoms with Crippen LogP contribution >= 0.6 is 0 Å². The number of aromatic hydroxyl groups is 1. The first-order chi connectivity index (χ1) is 10.2. The molecule has 2 aromatic heterocycles. The molecule has 0 atom stereocenters. The van der Waals surface area contributed by atoms with Crippen LogP contribution in [0.5, 0.6) is 5.75 Å². The molecule has 0 amide bonds. The van der Waals surface area contributed by atoms with Gasteiger partial charge in [0, 0.05) is 17.3 Å². The standard InChI is InChI=1S/C16H16N4O/c1-9-8-13-15(17-9)19-14(10-2-6-12(21)7-3-10)20-16(13)18-11-4-5-11/h2-3,6-8,11,21H,4-5H2,1H3,(H2,17,18,19,20). The average molecular weight is 280 g/mol. The predicted octanol–water partition coefficient (Wildman–Crippen LogP) is 3.21. The summed E-state index contributed by atoms with van der Waals surface area (Å²) in [5, 5.41) is 13.9. The van der Waals surface area contributed by atoms with Gasteiger partial charge in [0.15, 0.2) is 5.82 Å². The van der Waals surface area contributed by atoms with Gasteiger partial charge < -0.3 is 15.4 Å². The number of hydrogen-bond acceptors (Lipinski definition) is 4. The number of benzene rings is 1. The molecular formula is C16H16N4O. The van der Waals surface area contributed by atoms with Gasteiger partial charge in [-0.2, -0.15) is 0 Å². The molecule has 0 bridgehead atoms. The second-order valence-corrected chi connectivity index (χ2v) is 5.58. The second kappa shape index (κ2) is 4.48. The van der Waals surface area contributed by atoms with Gasteiger partial charge >= 0.3 is 0 Å². The van der Waals surface area contributed by atoms with Crippen LogP contribution < -0.4 is 5.32 Å². The molecule has 0 spiro atoms. The third-order valence-corrected chi connectivity index (χ3v) is 3.67. The van der Waals surface area contributed by atoms with E-state index in [4.69, 9.17) is 0 Å². The molecule has 4 rings (SSSR count). The first-order valence-electron chi connectivity index (χ1n) is 7.12. The SMILES string of the molecule is Cc1cc2c(NC3CC3)nc(-c3ccc(O)cc3)nc2[nH]1. The van der Waals surface area contributed by atoms with Crippen molar-refractivity contribution in [1.82, 2.24) is 15.0 Å². The van der Waals surface area contributed by atoms with E-state index < -0.39 is 0 Å². The van der Waals surface area contributed by atoms with Gasteiger partial charge in [-0.05, 0) is 50.1 Å². The van der Waals surface area contributed by atoms with E-state index in [1.807, 2.05) is 19.1 Å². The maximum Gasteiger partial charge on any atom is 0.163 e. The molecule has 2 heterocycles. The van der Waals surface area contributed by atoms with Crippen molar-refractivity contribution in [3.63, 3.8) is 0 Å². The highest BCUT2D eigenvalue weighted by Gasteiger charge is 2.23. The van der Waals surface area contributed by atoms with E-state index in [2.05, 4.69) is 26.3 Å². The topological polar surface area (TPSA) is 73.8 Å². The Balaban J connectivity index is 1.86. The fourth-order valence-electron chi connectivity index (χ4n) is 2.41. The van der Waals surface area contributed by atoms with Gasteiger partial charge in [0.1, 0.15) is 17.2 Å². The van der Waals surface area contributed by atoms with Crippen molar-refractivity contribution in [2.75, 3.05) is 5.32 Å². The van der Waals surface area contributed by atoms with Crippen molar-refractivity contribution in [2.45, 2.75) is 25.8 Å². The van der Waals surface area contributed by atoms with Crippen LogP contribution in [0.4, 0.5) is 5.82 Å². The van der Waals surface area contributed by atoms with Gasteiger partial charge in [-0.3, -0.25) is 0 Å². The normalized spacial score (nSPS) is 14.5. The van der Waals surface area contributed by atoms with Crippen LogP contribution in [0.2, 0.25) is 0 Å². The number of rotatable bonds is 3. The summed E-state index contributed by atoms with van der Waals surface area (Å²) in [4.78, 5) is 12.5. The van der Waals surface area contributed by atoms with Crippen molar-refractivity contribution >= 4 is 16.9 Å². The summed E-state index contributed by atoms with van der Waals surface area (Å²) in [5.41, 5.74) is 2.80. The maximum atomic E-state index is 9.40. The maximum absolute atomic E-state index is 9.40. The van der Waals surface area contributed by atoms with Crippen LogP contribution in [0.3, 0.4) is 0 Å². The lowest BCUT2D eigenvalue weighted by Gasteiger charge is -2.08. The highest BCUT2D eigenvalue weighted by Crippen LogP contribution is 2.30. The number of phenolic OH excluding ortho intramolecular Hbond substituents is 1. The molecule has 3 aromatic rings. The van der Waals surface area contributed by atoms with E-state index in [-0.39, 0.29) is 5.75 Å². The van der Waals surface area contributed by atoms with Crippen LogP contribution in [0.25, 0.3) is 22.4 Å². The largest absolute Gasteiger partial charge is 0.508 e. The second-order valence-electron chi connectivity index (χ2n) is 5.58. The summed E-state index contributed by atoms with van der Waals surface area (Å²) in [6.07, 6.45) is 2.40. The monoisotopic (exact) mass is 280 g/mol. The molecule has 1 saturated carbocycles. The predicted molar refractivity (Wildman–Crippen MR) is 82.4 cm³/mol. The number of aryl methyl sites for hydroxylation is 1. The number of aromatic nitrogens is 3. The highest BCUT2D eigenvalue weighted by atomic mass is 16.3. The summed E-state index contributed by atoms with van der Waals surface area (Å²) < 4.78 is 0. The highest BCUT2D eigenvalue weighted by molar-refractivity contribution is 5.89. The third kappa shape index (κ3) is 2.31. The van der Waals surface area contributed by atoms with Crippen LogP contribution in [0.15, 0.2) is 30.3 Å². The van der Waals surface area contributed by atoms with E-state index >= 15 is 0 Å². The van der Waals surface area contributed by atoms with Gasteiger partial charge in [0.25, 0.3) is 0 Å². The van der Waals surface area contributed by atoms with Crippen molar-refractivity contribution in [2.24, 2.45) is 0 Å². The molecule has 0 aliphatic heterocycles. The molecule has 1 fully saturated rings. The Labute approximate surface area is 122 Å². The quantitative estimate of drug-likeness (QED) is 0.688. The minimum atomic E-state index is 0.242. The molecular weight excluding hydrogens is 264 g/mol. The first-order valence-corrected chi connectivity index (χ1v) is 7.12. The van der Waals surface area contributed by atoms with Crippen LogP contribution in [0, 0.1) is 6.92 Å². The van der Waals surface area contributed by atoms with Gasteiger partial charge in [0.2, 0.25) is 0 Å². The summed E-state index contributed by atoms with van der Waals surface area (Å²) >= 11 is 0. The summed E-state index contributed by atoms with van der Waals surface area (Å²) in [5.74, 6) is 1.79. The molecule has 1 aliphatic carbocycles.